The van der Waals surface area contributed by atoms with Gasteiger partial charge in [0.1, 0.15) is 0 Å². The Kier molecular flexibility index (Phi) is 2.71. The molecule has 0 spiro atoms. The van der Waals surface area contributed by atoms with Gasteiger partial charge in [-0.2, -0.15) is 0 Å². The van der Waals surface area contributed by atoms with Gasteiger partial charge < -0.3 is 4.90 Å². The Labute approximate surface area is 56.6 Å². The van der Waals surface area contributed by atoms with Crippen molar-refractivity contribution in [2.24, 2.45) is 4.99 Å². The van der Waals surface area contributed by atoms with E-state index in [0.717, 1.165) is 13.1 Å². The summed E-state index contributed by atoms with van der Waals surface area (Å²) in [6.07, 6.45) is 2.74. The Bertz CT molecular complexity index is 84.9. The third-order valence-electron chi connectivity index (χ3n) is 1.77. The number of likely N-dealkylation sites (tertiary alicyclic amines) is 1. The molecule has 1 rings (SSSR count). The highest BCUT2D eigenvalue weighted by atomic mass is 15.1. The number of nitrogens with zero attached hydrogens (tertiary/aromatic N) is 2. The van der Waals surface area contributed by atoms with Gasteiger partial charge in [0.25, 0.3) is 0 Å². The van der Waals surface area contributed by atoms with Crippen LogP contribution in [0.5, 0.6) is 0 Å². The molecule has 52 valence electrons. The Morgan fingerprint density at radius 2 is 2.00 bits per heavy atom. The molecule has 0 aliphatic carbocycles. The molecule has 0 bridgehead atoms. The Balaban J connectivity index is 2.04. The molecule has 1 fully saturated rings. The maximum absolute atomic E-state index is 3.81. The van der Waals surface area contributed by atoms with E-state index in [1.807, 2.05) is 0 Å². The van der Waals surface area contributed by atoms with E-state index in [-0.39, 0.29) is 0 Å². The summed E-state index contributed by atoms with van der Waals surface area (Å²) >= 11 is 0. The van der Waals surface area contributed by atoms with E-state index in [0.29, 0.717) is 0 Å². The van der Waals surface area contributed by atoms with Gasteiger partial charge in [0.2, 0.25) is 0 Å². The van der Waals surface area contributed by atoms with Gasteiger partial charge >= 0.3 is 0 Å². The second-order valence-corrected chi connectivity index (χ2v) is 2.50. The van der Waals surface area contributed by atoms with Crippen LogP contribution in [0.25, 0.3) is 0 Å². The van der Waals surface area contributed by atoms with Crippen LogP contribution in [0, 0.1) is 0 Å². The summed E-state index contributed by atoms with van der Waals surface area (Å²) in [6, 6.07) is 0. The van der Waals surface area contributed by atoms with Gasteiger partial charge in [0, 0.05) is 6.54 Å². The van der Waals surface area contributed by atoms with Crippen molar-refractivity contribution in [3.8, 4) is 0 Å². The van der Waals surface area contributed by atoms with Crippen LogP contribution in [0.15, 0.2) is 4.99 Å². The fourth-order valence-corrected chi connectivity index (χ4v) is 1.22. The fraction of sp³-hybridized carbons (Fsp3) is 0.857. The molecule has 0 radical (unpaired) electrons. The molecule has 0 amide bonds. The SMILES string of the molecule is C=NCCN1CCCC1. The second kappa shape index (κ2) is 3.62. The van der Waals surface area contributed by atoms with Crippen molar-refractivity contribution in [3.05, 3.63) is 0 Å². The van der Waals surface area contributed by atoms with Crippen LogP contribution in [0.2, 0.25) is 0 Å². The van der Waals surface area contributed by atoms with E-state index in [4.69, 9.17) is 0 Å². The molecule has 1 heterocycles. The molecule has 0 saturated carbocycles. The van der Waals surface area contributed by atoms with Gasteiger partial charge in [-0.3, -0.25) is 4.99 Å². The highest BCUT2D eigenvalue weighted by Crippen LogP contribution is 2.05. The first-order chi connectivity index (χ1) is 4.43. The molecule has 2 heteroatoms. The Morgan fingerprint density at radius 3 is 2.56 bits per heavy atom. The number of hydrogen-bond donors (Lipinski definition) is 0. The Morgan fingerprint density at radius 1 is 1.33 bits per heavy atom. The van der Waals surface area contributed by atoms with Crippen molar-refractivity contribution in [1.82, 2.24) is 4.90 Å². The largest absolute Gasteiger partial charge is 0.301 e. The van der Waals surface area contributed by atoms with E-state index in [1.165, 1.54) is 25.9 Å². The van der Waals surface area contributed by atoms with Crippen LogP contribution >= 0.6 is 0 Å². The van der Waals surface area contributed by atoms with Crippen molar-refractivity contribution < 1.29 is 0 Å². The summed E-state index contributed by atoms with van der Waals surface area (Å²) < 4.78 is 0. The molecule has 0 atom stereocenters. The van der Waals surface area contributed by atoms with Crippen LogP contribution < -0.4 is 0 Å². The molecule has 0 unspecified atom stereocenters. The molecule has 1 aliphatic rings. The lowest BCUT2D eigenvalue weighted by Gasteiger charge is -2.11. The number of aliphatic imine (C=N–C) groups is 1. The van der Waals surface area contributed by atoms with Crippen LogP contribution in [0.3, 0.4) is 0 Å². The van der Waals surface area contributed by atoms with Gasteiger partial charge in [-0.15, -0.1) is 0 Å². The number of rotatable bonds is 3. The second-order valence-electron chi connectivity index (χ2n) is 2.50. The van der Waals surface area contributed by atoms with Crippen molar-refractivity contribution in [2.75, 3.05) is 26.2 Å². The van der Waals surface area contributed by atoms with Gasteiger partial charge in [-0.05, 0) is 32.6 Å². The monoisotopic (exact) mass is 126 g/mol. The van der Waals surface area contributed by atoms with Crippen LogP contribution in [0.4, 0.5) is 0 Å². The highest BCUT2D eigenvalue weighted by molar-refractivity contribution is 5.23. The maximum atomic E-state index is 3.81. The summed E-state index contributed by atoms with van der Waals surface area (Å²) in [5.41, 5.74) is 0. The summed E-state index contributed by atoms with van der Waals surface area (Å²) in [5, 5.41) is 0. The van der Waals surface area contributed by atoms with Crippen molar-refractivity contribution in [1.29, 1.82) is 0 Å². The fourth-order valence-electron chi connectivity index (χ4n) is 1.22. The minimum Gasteiger partial charge on any atom is -0.301 e. The molecule has 1 saturated heterocycles. The van der Waals surface area contributed by atoms with Gasteiger partial charge in [-0.25, -0.2) is 0 Å². The van der Waals surface area contributed by atoms with E-state index < -0.39 is 0 Å². The van der Waals surface area contributed by atoms with E-state index in [2.05, 4.69) is 16.6 Å². The topological polar surface area (TPSA) is 15.6 Å². The van der Waals surface area contributed by atoms with Crippen LogP contribution in [-0.4, -0.2) is 37.8 Å². The van der Waals surface area contributed by atoms with Gasteiger partial charge in [0.05, 0.1) is 6.54 Å². The zero-order valence-electron chi connectivity index (χ0n) is 5.84. The van der Waals surface area contributed by atoms with Crippen molar-refractivity contribution in [3.63, 3.8) is 0 Å². The molecule has 0 aromatic rings. The zero-order chi connectivity index (χ0) is 6.53. The normalized spacial score (nSPS) is 20.4. The summed E-state index contributed by atoms with van der Waals surface area (Å²) in [6.45, 7) is 8.01. The average molecular weight is 126 g/mol. The lowest BCUT2D eigenvalue weighted by molar-refractivity contribution is 0.349. The third-order valence-corrected chi connectivity index (χ3v) is 1.77. The summed E-state index contributed by atoms with van der Waals surface area (Å²) in [5.74, 6) is 0. The predicted octanol–water partition coefficient (Wildman–Crippen LogP) is 0.783. The minimum absolute atomic E-state index is 0.903. The first kappa shape index (κ1) is 6.75. The molecule has 0 aromatic carbocycles. The van der Waals surface area contributed by atoms with E-state index >= 15 is 0 Å². The van der Waals surface area contributed by atoms with Crippen LogP contribution in [-0.2, 0) is 0 Å². The molecule has 0 aromatic heterocycles. The predicted molar refractivity (Wildman–Crippen MR) is 40.1 cm³/mol. The molecule has 9 heavy (non-hydrogen) atoms. The lowest BCUT2D eigenvalue weighted by Crippen LogP contribution is -2.22. The summed E-state index contributed by atoms with van der Waals surface area (Å²) in [7, 11) is 0. The van der Waals surface area contributed by atoms with Crippen LogP contribution in [0.1, 0.15) is 12.8 Å². The number of hydrogen-bond acceptors (Lipinski definition) is 2. The zero-order valence-corrected chi connectivity index (χ0v) is 5.84. The van der Waals surface area contributed by atoms with Crippen molar-refractivity contribution >= 4 is 6.72 Å². The average Bonchev–Trinajstić information content (AvgIpc) is 2.34. The van der Waals surface area contributed by atoms with Gasteiger partial charge in [-0.1, -0.05) is 0 Å². The molecular formula is C7H14N2. The van der Waals surface area contributed by atoms with Gasteiger partial charge in [0.15, 0.2) is 0 Å². The molecule has 0 N–H and O–H groups in total. The summed E-state index contributed by atoms with van der Waals surface area (Å²) in [4.78, 5) is 6.25. The first-order valence-electron chi connectivity index (χ1n) is 3.58. The van der Waals surface area contributed by atoms with E-state index in [9.17, 15) is 0 Å². The standard InChI is InChI=1S/C7H14N2/c1-8-4-7-9-5-2-3-6-9/h1-7H2. The third kappa shape index (κ3) is 2.14. The van der Waals surface area contributed by atoms with Crippen molar-refractivity contribution in [2.45, 2.75) is 12.8 Å². The van der Waals surface area contributed by atoms with E-state index in [1.54, 1.807) is 0 Å². The quantitative estimate of drug-likeness (QED) is 0.510. The molecule has 2 nitrogen and oxygen atoms in total. The minimum atomic E-state index is 0.903. The smallest absolute Gasteiger partial charge is 0.0509 e. The maximum Gasteiger partial charge on any atom is 0.0509 e. The molecule has 1 aliphatic heterocycles. The Hall–Kier alpha value is -0.370. The highest BCUT2D eigenvalue weighted by Gasteiger charge is 2.09. The first-order valence-corrected chi connectivity index (χ1v) is 3.58. The lowest BCUT2D eigenvalue weighted by atomic mass is 10.4. The molecular weight excluding hydrogens is 112 g/mol.